The molecule has 0 saturated heterocycles. The zero-order chi connectivity index (χ0) is 14.9. The third-order valence-electron chi connectivity index (χ3n) is 3.05. The molecule has 0 spiro atoms. The molecule has 0 unspecified atom stereocenters. The first-order chi connectivity index (χ1) is 10.3. The van der Waals surface area contributed by atoms with Gasteiger partial charge in [-0.15, -0.1) is 0 Å². The number of nitrogens with one attached hydrogen (secondary N) is 1. The van der Waals surface area contributed by atoms with Crippen molar-refractivity contribution in [3.63, 3.8) is 0 Å². The van der Waals surface area contributed by atoms with Gasteiger partial charge in [0.05, 0.1) is 13.7 Å². The second-order valence-electron chi connectivity index (χ2n) is 4.56. The number of methoxy groups -OCH3 is 2. The van der Waals surface area contributed by atoms with Crippen LogP contribution in [-0.4, -0.2) is 27.4 Å². The van der Waals surface area contributed by atoms with Crippen molar-refractivity contribution in [2.75, 3.05) is 27.4 Å². The lowest BCUT2D eigenvalue weighted by molar-refractivity contribution is 0.199. The number of hydrogen-bond acceptors (Lipinski definition) is 5. The molecular formula is C16H21NO3S. The molecule has 4 nitrogen and oxygen atoms in total. The fourth-order valence-corrected chi connectivity index (χ4v) is 2.53. The van der Waals surface area contributed by atoms with Gasteiger partial charge in [-0.05, 0) is 28.5 Å². The van der Waals surface area contributed by atoms with Crippen LogP contribution in [0.25, 0.3) is 0 Å². The highest BCUT2D eigenvalue weighted by molar-refractivity contribution is 7.07. The van der Waals surface area contributed by atoms with Crippen LogP contribution >= 0.6 is 11.3 Å². The van der Waals surface area contributed by atoms with Gasteiger partial charge in [0.1, 0.15) is 18.1 Å². The monoisotopic (exact) mass is 307 g/mol. The quantitative estimate of drug-likeness (QED) is 0.723. The molecule has 0 aliphatic carbocycles. The minimum Gasteiger partial charge on any atom is -0.497 e. The Labute approximate surface area is 129 Å². The standard InChI is InChI=1S/C16H21NO3S/c1-18-7-6-17-10-14-3-4-15(19-2)9-16(14)20-11-13-5-8-21-12-13/h3-5,8-9,12,17H,6-7,10-11H2,1-2H3. The fraction of sp³-hybridized carbons (Fsp3) is 0.375. The summed E-state index contributed by atoms with van der Waals surface area (Å²) >= 11 is 1.68. The maximum Gasteiger partial charge on any atom is 0.127 e. The van der Waals surface area contributed by atoms with E-state index in [9.17, 15) is 0 Å². The van der Waals surface area contributed by atoms with Crippen molar-refractivity contribution in [3.05, 3.63) is 46.2 Å². The Morgan fingerprint density at radius 1 is 1.19 bits per heavy atom. The van der Waals surface area contributed by atoms with Gasteiger partial charge in [0.15, 0.2) is 0 Å². The van der Waals surface area contributed by atoms with Crippen LogP contribution < -0.4 is 14.8 Å². The van der Waals surface area contributed by atoms with Gasteiger partial charge in [-0.2, -0.15) is 11.3 Å². The fourth-order valence-electron chi connectivity index (χ4n) is 1.88. The Hall–Kier alpha value is -1.56. The van der Waals surface area contributed by atoms with E-state index in [-0.39, 0.29) is 0 Å². The summed E-state index contributed by atoms with van der Waals surface area (Å²) in [7, 11) is 3.36. The molecule has 5 heteroatoms. The van der Waals surface area contributed by atoms with E-state index in [0.717, 1.165) is 30.2 Å². The van der Waals surface area contributed by atoms with E-state index in [1.54, 1.807) is 25.6 Å². The molecule has 1 aromatic heterocycles. The molecule has 0 fully saturated rings. The Balaban J connectivity index is 2.00. The van der Waals surface area contributed by atoms with Crippen LogP contribution in [0, 0.1) is 0 Å². The summed E-state index contributed by atoms with van der Waals surface area (Å²) in [5.41, 5.74) is 2.29. The van der Waals surface area contributed by atoms with Crippen LogP contribution in [0.15, 0.2) is 35.0 Å². The van der Waals surface area contributed by atoms with Crippen LogP contribution in [0.2, 0.25) is 0 Å². The molecule has 0 aliphatic heterocycles. The molecule has 2 rings (SSSR count). The van der Waals surface area contributed by atoms with Crippen molar-refractivity contribution in [2.45, 2.75) is 13.2 Å². The van der Waals surface area contributed by atoms with Crippen molar-refractivity contribution < 1.29 is 14.2 Å². The topological polar surface area (TPSA) is 39.7 Å². The molecule has 1 heterocycles. The molecule has 1 aromatic carbocycles. The van der Waals surface area contributed by atoms with Gasteiger partial charge in [0.25, 0.3) is 0 Å². The molecule has 2 aromatic rings. The predicted octanol–water partition coefficient (Wildman–Crippen LogP) is 3.07. The smallest absolute Gasteiger partial charge is 0.127 e. The lowest BCUT2D eigenvalue weighted by Gasteiger charge is -2.13. The Morgan fingerprint density at radius 2 is 2.10 bits per heavy atom. The van der Waals surface area contributed by atoms with Gasteiger partial charge >= 0.3 is 0 Å². The minimum atomic E-state index is 0.571. The van der Waals surface area contributed by atoms with E-state index in [4.69, 9.17) is 14.2 Å². The van der Waals surface area contributed by atoms with Crippen LogP contribution in [0.1, 0.15) is 11.1 Å². The van der Waals surface area contributed by atoms with E-state index in [0.29, 0.717) is 13.2 Å². The molecule has 0 radical (unpaired) electrons. The van der Waals surface area contributed by atoms with Gasteiger partial charge in [0, 0.05) is 31.8 Å². The molecule has 1 N–H and O–H groups in total. The summed E-state index contributed by atoms with van der Waals surface area (Å²) in [6.07, 6.45) is 0. The summed E-state index contributed by atoms with van der Waals surface area (Å²) in [5, 5.41) is 7.48. The normalized spacial score (nSPS) is 10.6. The van der Waals surface area contributed by atoms with Crippen molar-refractivity contribution in [3.8, 4) is 11.5 Å². The van der Waals surface area contributed by atoms with E-state index in [1.165, 1.54) is 5.56 Å². The molecule has 114 valence electrons. The predicted molar refractivity (Wildman–Crippen MR) is 85.2 cm³/mol. The van der Waals surface area contributed by atoms with Gasteiger partial charge in [-0.25, -0.2) is 0 Å². The summed E-state index contributed by atoms with van der Waals surface area (Å²) < 4.78 is 16.2. The molecule has 0 bridgehead atoms. The van der Waals surface area contributed by atoms with Crippen molar-refractivity contribution in [1.29, 1.82) is 0 Å². The van der Waals surface area contributed by atoms with E-state index < -0.39 is 0 Å². The highest BCUT2D eigenvalue weighted by atomic mass is 32.1. The summed E-state index contributed by atoms with van der Waals surface area (Å²) in [4.78, 5) is 0. The van der Waals surface area contributed by atoms with Crippen molar-refractivity contribution in [2.24, 2.45) is 0 Å². The average Bonchev–Trinajstić information content (AvgIpc) is 3.03. The zero-order valence-corrected chi connectivity index (χ0v) is 13.2. The Bertz CT molecular complexity index is 528. The second kappa shape index (κ2) is 8.67. The molecule has 0 saturated carbocycles. The summed E-state index contributed by atoms with van der Waals surface area (Å²) in [5.74, 6) is 1.65. The highest BCUT2D eigenvalue weighted by Gasteiger charge is 2.06. The van der Waals surface area contributed by atoms with Crippen LogP contribution in [0.3, 0.4) is 0 Å². The van der Waals surface area contributed by atoms with Crippen LogP contribution in [-0.2, 0) is 17.9 Å². The van der Waals surface area contributed by atoms with Crippen LogP contribution in [0.4, 0.5) is 0 Å². The summed E-state index contributed by atoms with van der Waals surface area (Å²) in [6.45, 7) is 2.82. The van der Waals surface area contributed by atoms with E-state index >= 15 is 0 Å². The number of thiophene rings is 1. The Kier molecular flexibility index (Phi) is 6.53. The summed E-state index contributed by atoms with van der Waals surface area (Å²) in [6, 6.07) is 7.98. The Morgan fingerprint density at radius 3 is 2.81 bits per heavy atom. The van der Waals surface area contributed by atoms with E-state index in [2.05, 4.69) is 22.1 Å². The van der Waals surface area contributed by atoms with Gasteiger partial charge in [-0.1, -0.05) is 6.07 Å². The average molecular weight is 307 g/mol. The SMILES string of the molecule is COCCNCc1ccc(OC)cc1OCc1ccsc1. The first-order valence-electron chi connectivity index (χ1n) is 6.84. The number of benzene rings is 1. The molecule has 21 heavy (non-hydrogen) atoms. The number of rotatable bonds is 9. The van der Waals surface area contributed by atoms with Crippen molar-refractivity contribution in [1.82, 2.24) is 5.32 Å². The third-order valence-corrected chi connectivity index (χ3v) is 3.78. The maximum absolute atomic E-state index is 5.94. The van der Waals surface area contributed by atoms with E-state index in [1.807, 2.05) is 18.2 Å². The third kappa shape index (κ3) is 5.04. The highest BCUT2D eigenvalue weighted by Crippen LogP contribution is 2.26. The van der Waals surface area contributed by atoms with Crippen LogP contribution in [0.5, 0.6) is 11.5 Å². The lowest BCUT2D eigenvalue weighted by Crippen LogP contribution is -2.19. The number of ether oxygens (including phenoxy) is 3. The molecule has 0 aliphatic rings. The number of hydrogen-bond donors (Lipinski definition) is 1. The van der Waals surface area contributed by atoms with Gasteiger partial charge < -0.3 is 19.5 Å². The van der Waals surface area contributed by atoms with Gasteiger partial charge in [-0.3, -0.25) is 0 Å². The maximum atomic E-state index is 5.94. The second-order valence-corrected chi connectivity index (χ2v) is 5.34. The first kappa shape index (κ1) is 15.8. The molecule has 0 atom stereocenters. The zero-order valence-electron chi connectivity index (χ0n) is 12.4. The van der Waals surface area contributed by atoms with Crippen molar-refractivity contribution >= 4 is 11.3 Å². The largest absolute Gasteiger partial charge is 0.497 e. The first-order valence-corrected chi connectivity index (χ1v) is 7.78. The molecule has 0 amide bonds. The lowest BCUT2D eigenvalue weighted by atomic mass is 10.2. The van der Waals surface area contributed by atoms with Gasteiger partial charge in [0.2, 0.25) is 0 Å². The molecular weight excluding hydrogens is 286 g/mol. The minimum absolute atomic E-state index is 0.571.